The van der Waals surface area contributed by atoms with E-state index in [1.165, 1.54) is 13.2 Å². The van der Waals surface area contributed by atoms with Crippen molar-refractivity contribution in [2.75, 3.05) is 18.6 Å². The number of barbiturate groups is 1. The van der Waals surface area contributed by atoms with Crippen molar-refractivity contribution >= 4 is 29.6 Å². The van der Waals surface area contributed by atoms with Crippen LogP contribution in [-0.2, 0) is 9.59 Å². The van der Waals surface area contributed by atoms with Crippen LogP contribution in [0.25, 0.3) is 6.08 Å². The molecule has 1 N–H and O–H groups in total. The minimum absolute atomic E-state index is 0.160. The van der Waals surface area contributed by atoms with Crippen molar-refractivity contribution in [2.24, 2.45) is 0 Å². The van der Waals surface area contributed by atoms with Crippen LogP contribution < -0.4 is 19.7 Å². The number of urea groups is 1. The highest BCUT2D eigenvalue weighted by Crippen LogP contribution is 2.29. The van der Waals surface area contributed by atoms with Gasteiger partial charge in [0, 0.05) is 11.6 Å². The fraction of sp³-hybridized carbons (Fsp3) is 0.190. The first-order valence-electron chi connectivity index (χ1n) is 8.73. The molecular weight excluding hydrogens is 360 g/mol. The first-order valence-corrected chi connectivity index (χ1v) is 8.73. The summed E-state index contributed by atoms with van der Waals surface area (Å²) in [7, 11) is 1.53. The number of ether oxygens (including phenoxy) is 2. The summed E-state index contributed by atoms with van der Waals surface area (Å²) in [5.74, 6) is -0.398. The fourth-order valence-corrected chi connectivity index (χ4v) is 2.86. The molecule has 7 nitrogen and oxygen atoms in total. The van der Waals surface area contributed by atoms with Crippen LogP contribution >= 0.6 is 0 Å². The molecule has 0 atom stereocenters. The van der Waals surface area contributed by atoms with E-state index in [0.717, 1.165) is 10.5 Å². The van der Waals surface area contributed by atoms with Crippen LogP contribution in [0.3, 0.4) is 0 Å². The van der Waals surface area contributed by atoms with E-state index in [-0.39, 0.29) is 5.57 Å². The molecule has 1 aliphatic rings. The summed E-state index contributed by atoms with van der Waals surface area (Å²) in [6.45, 7) is 4.08. The van der Waals surface area contributed by atoms with Crippen molar-refractivity contribution in [3.05, 3.63) is 59.2 Å². The zero-order valence-electron chi connectivity index (χ0n) is 15.8. The number of anilines is 1. The van der Waals surface area contributed by atoms with E-state index in [0.29, 0.717) is 29.4 Å². The number of hydrogen-bond acceptors (Lipinski definition) is 5. The first kappa shape index (κ1) is 19.2. The lowest BCUT2D eigenvalue weighted by Crippen LogP contribution is -2.54. The minimum atomic E-state index is -0.780. The second kappa shape index (κ2) is 7.96. The summed E-state index contributed by atoms with van der Waals surface area (Å²) < 4.78 is 10.8. The molecule has 2 aromatic carbocycles. The van der Waals surface area contributed by atoms with E-state index >= 15 is 0 Å². The van der Waals surface area contributed by atoms with E-state index in [2.05, 4.69) is 5.32 Å². The fourth-order valence-electron chi connectivity index (χ4n) is 2.86. The Bertz CT molecular complexity index is 981. The van der Waals surface area contributed by atoms with Gasteiger partial charge in [0.15, 0.2) is 0 Å². The molecular formula is C21H20N2O5. The van der Waals surface area contributed by atoms with Gasteiger partial charge in [-0.15, -0.1) is 0 Å². The number of rotatable bonds is 5. The molecule has 0 bridgehead atoms. The first-order chi connectivity index (χ1) is 13.4. The van der Waals surface area contributed by atoms with E-state index in [1.54, 1.807) is 36.4 Å². The second-order valence-corrected chi connectivity index (χ2v) is 6.13. The molecule has 0 spiro atoms. The van der Waals surface area contributed by atoms with Gasteiger partial charge in [-0.2, -0.15) is 0 Å². The quantitative estimate of drug-likeness (QED) is 0.637. The number of aryl methyl sites for hydroxylation is 1. The number of imide groups is 2. The average Bonchev–Trinajstić information content (AvgIpc) is 2.66. The molecule has 0 saturated carbocycles. The predicted octanol–water partition coefficient (Wildman–Crippen LogP) is 3.07. The maximum Gasteiger partial charge on any atom is 0.335 e. The van der Waals surface area contributed by atoms with Crippen molar-refractivity contribution < 1.29 is 23.9 Å². The molecule has 7 heteroatoms. The van der Waals surface area contributed by atoms with Gasteiger partial charge in [0.2, 0.25) is 0 Å². The van der Waals surface area contributed by atoms with E-state index in [4.69, 9.17) is 9.47 Å². The van der Waals surface area contributed by atoms with Gasteiger partial charge in [-0.1, -0.05) is 12.1 Å². The van der Waals surface area contributed by atoms with Gasteiger partial charge in [-0.05, 0) is 49.8 Å². The lowest BCUT2D eigenvalue weighted by atomic mass is 10.1. The third-order valence-corrected chi connectivity index (χ3v) is 4.18. The van der Waals surface area contributed by atoms with Gasteiger partial charge >= 0.3 is 6.03 Å². The highest BCUT2D eigenvalue weighted by molar-refractivity contribution is 6.39. The third kappa shape index (κ3) is 3.73. The number of nitrogens with zero attached hydrogens (tertiary/aromatic N) is 1. The monoisotopic (exact) mass is 380 g/mol. The third-order valence-electron chi connectivity index (χ3n) is 4.18. The van der Waals surface area contributed by atoms with E-state index in [1.807, 2.05) is 19.9 Å². The molecule has 0 unspecified atom stereocenters. The van der Waals surface area contributed by atoms with Gasteiger partial charge in [0.05, 0.1) is 19.4 Å². The molecule has 1 fully saturated rings. The van der Waals surface area contributed by atoms with Crippen molar-refractivity contribution in [1.29, 1.82) is 0 Å². The Morgan fingerprint density at radius 2 is 1.89 bits per heavy atom. The van der Waals surface area contributed by atoms with E-state index in [9.17, 15) is 14.4 Å². The zero-order valence-corrected chi connectivity index (χ0v) is 15.8. The maximum absolute atomic E-state index is 13.0. The normalized spacial score (nSPS) is 15.6. The maximum atomic E-state index is 13.0. The lowest BCUT2D eigenvalue weighted by Gasteiger charge is -2.26. The number of carbonyl (C=O) groups is 3. The molecule has 1 aliphatic heterocycles. The molecule has 1 heterocycles. The summed E-state index contributed by atoms with van der Waals surface area (Å²) in [6.07, 6.45) is 1.41. The Hall–Kier alpha value is -3.61. The summed E-state index contributed by atoms with van der Waals surface area (Å²) >= 11 is 0. The lowest BCUT2D eigenvalue weighted by molar-refractivity contribution is -0.122. The van der Waals surface area contributed by atoms with Gasteiger partial charge in [-0.25, -0.2) is 9.69 Å². The minimum Gasteiger partial charge on any atom is -0.497 e. The van der Waals surface area contributed by atoms with Crippen LogP contribution in [0.4, 0.5) is 10.5 Å². The van der Waals surface area contributed by atoms with Crippen LogP contribution in [0.15, 0.2) is 48.0 Å². The summed E-state index contributed by atoms with van der Waals surface area (Å²) in [5, 5.41) is 2.22. The van der Waals surface area contributed by atoms with Crippen LogP contribution in [-0.4, -0.2) is 31.6 Å². The number of nitrogens with one attached hydrogen (secondary N) is 1. The van der Waals surface area contributed by atoms with Crippen LogP contribution in [0.2, 0.25) is 0 Å². The molecule has 0 radical (unpaired) electrons. The van der Waals surface area contributed by atoms with Crippen LogP contribution in [0.5, 0.6) is 11.5 Å². The SMILES string of the molecule is CCOc1cc(OC)ccc1/C=C1\C(=O)NC(=O)N(c2cccc(C)c2)C1=O. The summed E-state index contributed by atoms with van der Waals surface area (Å²) in [5.41, 5.74) is 1.64. The van der Waals surface area contributed by atoms with Gasteiger partial charge < -0.3 is 9.47 Å². The Morgan fingerprint density at radius 1 is 1.11 bits per heavy atom. The molecule has 1 saturated heterocycles. The predicted molar refractivity (Wildman–Crippen MR) is 104 cm³/mol. The van der Waals surface area contributed by atoms with Crippen molar-refractivity contribution in [3.8, 4) is 11.5 Å². The standard InChI is InChI=1S/C21H20N2O5/c1-4-28-18-12-16(27-3)9-8-14(18)11-17-19(24)22-21(26)23(20(17)25)15-7-5-6-13(2)10-15/h5-12H,4H2,1-3H3,(H,22,24,26)/b17-11+. The van der Waals surface area contributed by atoms with Gasteiger partial charge in [-0.3, -0.25) is 14.9 Å². The highest BCUT2D eigenvalue weighted by Gasteiger charge is 2.37. The number of benzene rings is 2. The Labute approximate surface area is 162 Å². The zero-order chi connectivity index (χ0) is 20.3. The molecule has 0 aliphatic carbocycles. The molecule has 4 amide bonds. The van der Waals surface area contributed by atoms with Crippen molar-refractivity contribution in [2.45, 2.75) is 13.8 Å². The molecule has 28 heavy (non-hydrogen) atoms. The van der Waals surface area contributed by atoms with Crippen molar-refractivity contribution in [1.82, 2.24) is 5.32 Å². The number of methoxy groups -OCH3 is 1. The van der Waals surface area contributed by atoms with Crippen molar-refractivity contribution in [3.63, 3.8) is 0 Å². The number of amides is 4. The molecule has 2 aromatic rings. The second-order valence-electron chi connectivity index (χ2n) is 6.13. The largest absolute Gasteiger partial charge is 0.497 e. The summed E-state index contributed by atoms with van der Waals surface area (Å²) in [6, 6.07) is 11.2. The Kier molecular flexibility index (Phi) is 5.44. The number of hydrogen-bond donors (Lipinski definition) is 1. The van der Waals surface area contributed by atoms with Crippen LogP contribution in [0.1, 0.15) is 18.1 Å². The Balaban J connectivity index is 2.04. The molecule has 144 valence electrons. The van der Waals surface area contributed by atoms with Gasteiger partial charge in [0.1, 0.15) is 17.1 Å². The van der Waals surface area contributed by atoms with Crippen LogP contribution in [0, 0.1) is 6.92 Å². The average molecular weight is 380 g/mol. The molecule has 0 aromatic heterocycles. The topological polar surface area (TPSA) is 84.9 Å². The smallest absolute Gasteiger partial charge is 0.335 e. The number of carbonyl (C=O) groups excluding carboxylic acids is 3. The highest BCUT2D eigenvalue weighted by atomic mass is 16.5. The summed E-state index contributed by atoms with van der Waals surface area (Å²) in [4.78, 5) is 38.5. The Morgan fingerprint density at radius 3 is 2.57 bits per heavy atom. The van der Waals surface area contributed by atoms with Gasteiger partial charge in [0.25, 0.3) is 11.8 Å². The van der Waals surface area contributed by atoms with E-state index < -0.39 is 17.8 Å². The molecule has 3 rings (SSSR count).